The number of fused-ring (bicyclic) bond motifs is 1. The van der Waals surface area contributed by atoms with E-state index in [0.717, 1.165) is 12.1 Å². The van der Waals surface area contributed by atoms with Gasteiger partial charge in [-0.25, -0.2) is 9.97 Å². The Kier molecular flexibility index (Phi) is 2.86. The lowest BCUT2D eigenvalue weighted by Crippen LogP contribution is -2.32. The summed E-state index contributed by atoms with van der Waals surface area (Å²) in [7, 11) is 0. The van der Waals surface area contributed by atoms with Gasteiger partial charge in [0, 0.05) is 25.5 Å². The van der Waals surface area contributed by atoms with Gasteiger partial charge < -0.3 is 5.32 Å². The van der Waals surface area contributed by atoms with Crippen molar-refractivity contribution < 1.29 is 4.79 Å². The van der Waals surface area contributed by atoms with Crippen LogP contribution in [0.5, 0.6) is 0 Å². The molecule has 0 fully saturated rings. The van der Waals surface area contributed by atoms with Crippen molar-refractivity contribution in [1.29, 1.82) is 0 Å². The molecule has 2 heterocycles. The van der Waals surface area contributed by atoms with Crippen molar-refractivity contribution in [2.24, 2.45) is 0 Å². The lowest BCUT2D eigenvalue weighted by molar-refractivity contribution is 0.0954. The highest BCUT2D eigenvalue weighted by Crippen LogP contribution is 2.26. The minimum Gasteiger partial charge on any atom is -0.312 e. The molecular formula is C14H13N3O. The van der Waals surface area contributed by atoms with E-state index < -0.39 is 0 Å². The van der Waals surface area contributed by atoms with Gasteiger partial charge in [0.05, 0.1) is 11.5 Å². The van der Waals surface area contributed by atoms with Crippen molar-refractivity contribution in [3.05, 3.63) is 59.7 Å². The molecule has 1 N–H and O–H groups in total. The normalized spacial score (nSPS) is 18.1. The Morgan fingerprint density at radius 1 is 1.22 bits per heavy atom. The summed E-state index contributed by atoms with van der Waals surface area (Å²) in [5.74, 6) is -0.0591. The number of ketones is 1. The zero-order chi connectivity index (χ0) is 12.4. The number of Topliss-reactive ketones (excluding diaryl/α,β-unsaturated/α-hetero) is 1. The Morgan fingerprint density at radius 2 is 2.00 bits per heavy atom. The Morgan fingerprint density at radius 3 is 2.83 bits per heavy atom. The van der Waals surface area contributed by atoms with Crippen molar-refractivity contribution in [3.63, 3.8) is 0 Å². The first-order chi connectivity index (χ1) is 8.86. The zero-order valence-electron chi connectivity index (χ0n) is 9.84. The van der Waals surface area contributed by atoms with E-state index in [2.05, 4.69) is 21.4 Å². The fourth-order valence-corrected chi connectivity index (χ4v) is 2.36. The largest absolute Gasteiger partial charge is 0.312 e. The molecule has 0 bridgehead atoms. The first-order valence-electron chi connectivity index (χ1n) is 5.94. The third-order valence-corrected chi connectivity index (χ3v) is 3.26. The Balaban J connectivity index is 1.97. The smallest absolute Gasteiger partial charge is 0.174 e. The molecular weight excluding hydrogens is 226 g/mol. The molecule has 3 rings (SSSR count). The van der Waals surface area contributed by atoms with Crippen LogP contribution >= 0.6 is 0 Å². The van der Waals surface area contributed by atoms with Gasteiger partial charge in [0.1, 0.15) is 6.33 Å². The summed E-state index contributed by atoms with van der Waals surface area (Å²) in [5.41, 5.74) is 2.88. The molecule has 0 radical (unpaired) electrons. The van der Waals surface area contributed by atoms with E-state index in [1.807, 2.05) is 18.2 Å². The molecule has 4 nitrogen and oxygen atoms in total. The topological polar surface area (TPSA) is 54.9 Å². The van der Waals surface area contributed by atoms with E-state index in [9.17, 15) is 4.79 Å². The standard InChI is InChI=1S/C14H13N3O/c18-14(11-6-16-9-17-7-11)13-8-15-5-10-3-1-2-4-12(10)13/h1-4,6-7,9,13,15H,5,8H2. The molecule has 1 unspecified atom stereocenters. The first-order valence-corrected chi connectivity index (χ1v) is 5.94. The summed E-state index contributed by atoms with van der Waals surface area (Å²) < 4.78 is 0. The van der Waals surface area contributed by atoms with Crippen molar-refractivity contribution in [3.8, 4) is 0 Å². The van der Waals surface area contributed by atoms with Gasteiger partial charge in [0.2, 0.25) is 0 Å². The van der Waals surface area contributed by atoms with Gasteiger partial charge in [-0.15, -0.1) is 0 Å². The van der Waals surface area contributed by atoms with Gasteiger partial charge in [-0.1, -0.05) is 24.3 Å². The SMILES string of the molecule is O=C(c1cncnc1)C1CNCc2ccccc21. The molecule has 1 aliphatic rings. The zero-order valence-corrected chi connectivity index (χ0v) is 9.84. The number of aromatic nitrogens is 2. The first kappa shape index (κ1) is 11.0. The monoisotopic (exact) mass is 239 g/mol. The van der Waals surface area contributed by atoms with Crippen molar-refractivity contribution in [2.75, 3.05) is 6.54 Å². The van der Waals surface area contributed by atoms with Crippen molar-refractivity contribution >= 4 is 5.78 Å². The quantitative estimate of drug-likeness (QED) is 0.808. The highest BCUT2D eigenvalue weighted by atomic mass is 16.1. The number of nitrogens with zero attached hydrogens (tertiary/aromatic N) is 2. The molecule has 1 aromatic carbocycles. The molecule has 1 atom stereocenters. The van der Waals surface area contributed by atoms with Crippen LogP contribution in [0.4, 0.5) is 0 Å². The third-order valence-electron chi connectivity index (χ3n) is 3.26. The van der Waals surface area contributed by atoms with Crippen LogP contribution in [0.1, 0.15) is 27.4 Å². The van der Waals surface area contributed by atoms with E-state index in [1.165, 1.54) is 11.9 Å². The number of carbonyl (C=O) groups excluding carboxylic acids is 1. The molecule has 90 valence electrons. The Hall–Kier alpha value is -2.07. The Labute approximate surface area is 105 Å². The second-order valence-corrected chi connectivity index (χ2v) is 4.37. The second kappa shape index (κ2) is 4.66. The molecule has 18 heavy (non-hydrogen) atoms. The molecule has 0 aliphatic carbocycles. The molecule has 0 saturated heterocycles. The number of rotatable bonds is 2. The molecule has 1 aliphatic heterocycles. The highest BCUT2D eigenvalue weighted by Gasteiger charge is 2.26. The fourth-order valence-electron chi connectivity index (χ4n) is 2.36. The maximum absolute atomic E-state index is 12.4. The van der Waals surface area contributed by atoms with Crippen molar-refractivity contribution in [2.45, 2.75) is 12.5 Å². The second-order valence-electron chi connectivity index (χ2n) is 4.37. The third kappa shape index (κ3) is 1.91. The molecule has 4 heteroatoms. The van der Waals surface area contributed by atoms with E-state index in [0.29, 0.717) is 12.1 Å². The molecule has 0 spiro atoms. The van der Waals surface area contributed by atoms with Gasteiger partial charge in [-0.05, 0) is 11.1 Å². The lowest BCUT2D eigenvalue weighted by atomic mass is 9.86. The summed E-state index contributed by atoms with van der Waals surface area (Å²) in [6.07, 6.45) is 4.59. The van der Waals surface area contributed by atoms with Crippen LogP contribution in [0.15, 0.2) is 43.0 Å². The number of nitrogens with one attached hydrogen (secondary N) is 1. The summed E-state index contributed by atoms with van der Waals surface area (Å²) in [6.45, 7) is 1.50. The molecule has 0 saturated carbocycles. The summed E-state index contributed by atoms with van der Waals surface area (Å²) in [6, 6.07) is 8.07. The average molecular weight is 239 g/mol. The van der Waals surface area contributed by atoms with E-state index >= 15 is 0 Å². The number of hydrogen-bond acceptors (Lipinski definition) is 4. The van der Waals surface area contributed by atoms with Gasteiger partial charge in [-0.3, -0.25) is 4.79 Å². The van der Waals surface area contributed by atoms with Gasteiger partial charge >= 0.3 is 0 Å². The number of carbonyl (C=O) groups is 1. The van der Waals surface area contributed by atoms with Crippen LogP contribution in [0.25, 0.3) is 0 Å². The number of hydrogen-bond donors (Lipinski definition) is 1. The van der Waals surface area contributed by atoms with Gasteiger partial charge in [-0.2, -0.15) is 0 Å². The van der Waals surface area contributed by atoms with E-state index in [4.69, 9.17) is 0 Å². The Bertz CT molecular complexity index is 568. The molecule has 0 amide bonds. The van der Waals surface area contributed by atoms with Crippen LogP contribution in [-0.2, 0) is 6.54 Å². The van der Waals surface area contributed by atoms with E-state index in [1.54, 1.807) is 12.4 Å². The minimum absolute atomic E-state index is 0.0789. The van der Waals surface area contributed by atoms with Crippen molar-refractivity contribution in [1.82, 2.24) is 15.3 Å². The number of benzene rings is 1. The van der Waals surface area contributed by atoms with Crippen LogP contribution < -0.4 is 5.32 Å². The maximum Gasteiger partial charge on any atom is 0.174 e. The van der Waals surface area contributed by atoms with Crippen LogP contribution in [-0.4, -0.2) is 22.3 Å². The highest BCUT2D eigenvalue weighted by molar-refractivity contribution is 6.01. The van der Waals surface area contributed by atoms with Gasteiger partial charge in [0.25, 0.3) is 0 Å². The van der Waals surface area contributed by atoms with E-state index in [-0.39, 0.29) is 11.7 Å². The van der Waals surface area contributed by atoms with Crippen LogP contribution in [0, 0.1) is 0 Å². The molecule has 2 aromatic rings. The summed E-state index contributed by atoms with van der Waals surface area (Å²) in [4.78, 5) is 20.3. The predicted molar refractivity (Wildman–Crippen MR) is 67.3 cm³/mol. The lowest BCUT2D eigenvalue weighted by Gasteiger charge is -2.25. The summed E-state index contributed by atoms with van der Waals surface area (Å²) >= 11 is 0. The molecule has 1 aromatic heterocycles. The average Bonchev–Trinajstić information content (AvgIpc) is 2.47. The van der Waals surface area contributed by atoms with Crippen LogP contribution in [0.2, 0.25) is 0 Å². The minimum atomic E-state index is -0.138. The van der Waals surface area contributed by atoms with Crippen LogP contribution in [0.3, 0.4) is 0 Å². The summed E-state index contributed by atoms with van der Waals surface area (Å²) in [5, 5.41) is 3.28. The maximum atomic E-state index is 12.4. The fraction of sp³-hybridized carbons (Fsp3) is 0.214. The predicted octanol–water partition coefficient (Wildman–Crippen LogP) is 1.55. The van der Waals surface area contributed by atoms with Gasteiger partial charge in [0.15, 0.2) is 5.78 Å².